The van der Waals surface area contributed by atoms with Crippen LogP contribution in [0.3, 0.4) is 0 Å². The van der Waals surface area contributed by atoms with Crippen molar-refractivity contribution < 1.29 is 4.39 Å². The van der Waals surface area contributed by atoms with E-state index in [1.54, 1.807) is 30.6 Å². The van der Waals surface area contributed by atoms with Gasteiger partial charge >= 0.3 is 0 Å². The topological polar surface area (TPSA) is 25.8 Å². The van der Waals surface area contributed by atoms with Crippen LogP contribution in [0.15, 0.2) is 36.7 Å². The first-order valence-corrected chi connectivity index (χ1v) is 5.65. The Hall–Kier alpha value is -1.07. The predicted molar refractivity (Wildman–Crippen MR) is 68.1 cm³/mol. The van der Waals surface area contributed by atoms with Gasteiger partial charge in [0.25, 0.3) is 0 Å². The summed E-state index contributed by atoms with van der Waals surface area (Å²) in [5.41, 5.74) is 1.09. The fourth-order valence-corrected chi connectivity index (χ4v) is 1.63. The summed E-state index contributed by atoms with van der Waals surface area (Å²) in [7, 11) is 0. The highest BCUT2D eigenvalue weighted by atomic mass is 32.2. The first kappa shape index (κ1) is 11.4. The molecule has 0 unspecified atom stereocenters. The van der Waals surface area contributed by atoms with Crippen molar-refractivity contribution in [3.63, 3.8) is 0 Å². The summed E-state index contributed by atoms with van der Waals surface area (Å²) in [4.78, 5) is 7.99. The maximum Gasteiger partial charge on any atom is 0.162 e. The van der Waals surface area contributed by atoms with E-state index in [2.05, 4.69) is 35.2 Å². The van der Waals surface area contributed by atoms with Gasteiger partial charge in [-0.3, -0.25) is 0 Å². The second-order valence-electron chi connectivity index (χ2n) is 3.19. The van der Waals surface area contributed by atoms with Gasteiger partial charge in [-0.1, -0.05) is 6.07 Å². The molecule has 0 radical (unpaired) electrons. The Kier molecular flexibility index (Phi) is 3.46. The molecule has 82 valence electrons. The van der Waals surface area contributed by atoms with E-state index in [1.165, 1.54) is 6.07 Å². The standard InChI is InChI=1S/C11H9FN2S2/c12-9-6-7(11(15)16)2-3-8(9)10-13-4-1-5-14-10/h1-6,11,15-16H. The lowest BCUT2D eigenvalue weighted by Gasteiger charge is -2.06. The number of aromatic nitrogens is 2. The van der Waals surface area contributed by atoms with Gasteiger partial charge in [-0.05, 0) is 23.8 Å². The third-order valence-electron chi connectivity index (χ3n) is 2.10. The fraction of sp³-hybridized carbons (Fsp3) is 0.0909. The lowest BCUT2D eigenvalue weighted by atomic mass is 10.1. The van der Waals surface area contributed by atoms with E-state index in [-0.39, 0.29) is 10.4 Å². The summed E-state index contributed by atoms with van der Waals surface area (Å²) in [6, 6.07) is 6.49. The Bertz CT molecular complexity index is 489. The molecule has 1 heterocycles. The quantitative estimate of drug-likeness (QED) is 0.634. The van der Waals surface area contributed by atoms with E-state index in [0.29, 0.717) is 17.0 Å². The number of hydrogen-bond acceptors (Lipinski definition) is 4. The Labute approximate surface area is 104 Å². The van der Waals surface area contributed by atoms with Crippen LogP contribution in [0.2, 0.25) is 0 Å². The minimum absolute atomic E-state index is 0.291. The van der Waals surface area contributed by atoms with E-state index in [1.807, 2.05) is 0 Å². The van der Waals surface area contributed by atoms with Crippen molar-refractivity contribution in [2.75, 3.05) is 0 Å². The van der Waals surface area contributed by atoms with Gasteiger partial charge < -0.3 is 0 Å². The van der Waals surface area contributed by atoms with Crippen molar-refractivity contribution in [3.8, 4) is 11.4 Å². The smallest absolute Gasteiger partial charge is 0.162 e. The van der Waals surface area contributed by atoms with Crippen molar-refractivity contribution in [1.82, 2.24) is 9.97 Å². The summed E-state index contributed by atoms with van der Waals surface area (Å²) in [5, 5.41) is 0. The predicted octanol–water partition coefficient (Wildman–Crippen LogP) is 3.14. The second kappa shape index (κ2) is 4.84. The molecule has 1 aromatic carbocycles. The van der Waals surface area contributed by atoms with Gasteiger partial charge in [-0.2, -0.15) is 25.3 Å². The van der Waals surface area contributed by atoms with Crippen molar-refractivity contribution in [2.24, 2.45) is 0 Å². The van der Waals surface area contributed by atoms with Gasteiger partial charge in [-0.25, -0.2) is 14.4 Å². The second-order valence-corrected chi connectivity index (χ2v) is 4.63. The molecule has 0 bridgehead atoms. The molecule has 0 aliphatic heterocycles. The normalized spacial score (nSPS) is 10.8. The molecule has 0 saturated heterocycles. The summed E-state index contributed by atoms with van der Waals surface area (Å²) in [5.74, 6) is 0.0122. The molecule has 0 atom stereocenters. The number of hydrogen-bond donors (Lipinski definition) is 2. The van der Waals surface area contributed by atoms with Crippen molar-refractivity contribution in [3.05, 3.63) is 48.0 Å². The number of thiol groups is 2. The van der Waals surface area contributed by atoms with E-state index in [9.17, 15) is 4.39 Å². The van der Waals surface area contributed by atoms with E-state index >= 15 is 0 Å². The Morgan fingerprint density at radius 1 is 1.12 bits per heavy atom. The molecule has 5 heteroatoms. The molecule has 16 heavy (non-hydrogen) atoms. The summed E-state index contributed by atoms with van der Waals surface area (Å²) in [6.45, 7) is 0. The van der Waals surface area contributed by atoms with Crippen LogP contribution in [-0.2, 0) is 0 Å². The largest absolute Gasteiger partial charge is 0.236 e. The van der Waals surface area contributed by atoms with Gasteiger partial charge in [0.1, 0.15) is 5.82 Å². The average Bonchev–Trinajstić information content (AvgIpc) is 2.30. The first-order valence-electron chi connectivity index (χ1n) is 4.61. The maximum absolute atomic E-state index is 13.7. The summed E-state index contributed by atoms with van der Waals surface area (Å²) in [6.07, 6.45) is 3.16. The van der Waals surface area contributed by atoms with Crippen molar-refractivity contribution in [2.45, 2.75) is 4.58 Å². The van der Waals surface area contributed by atoms with Crippen LogP contribution in [-0.4, -0.2) is 9.97 Å². The van der Waals surface area contributed by atoms with Crippen LogP contribution >= 0.6 is 25.3 Å². The number of benzene rings is 1. The number of rotatable bonds is 2. The van der Waals surface area contributed by atoms with Gasteiger partial charge in [0.05, 0.1) is 10.1 Å². The zero-order chi connectivity index (χ0) is 11.5. The Morgan fingerprint density at radius 3 is 2.38 bits per heavy atom. The van der Waals surface area contributed by atoms with Gasteiger partial charge in [0.2, 0.25) is 0 Å². The minimum atomic E-state index is -0.364. The van der Waals surface area contributed by atoms with E-state index in [4.69, 9.17) is 0 Å². The number of halogens is 1. The minimum Gasteiger partial charge on any atom is -0.236 e. The van der Waals surface area contributed by atoms with Crippen molar-refractivity contribution >= 4 is 25.3 Å². The Morgan fingerprint density at radius 2 is 1.81 bits per heavy atom. The highest BCUT2D eigenvalue weighted by molar-refractivity contribution is 7.98. The third-order valence-corrected chi connectivity index (χ3v) is 2.69. The molecule has 0 aliphatic carbocycles. The van der Waals surface area contributed by atoms with Crippen LogP contribution in [0, 0.1) is 5.82 Å². The third kappa shape index (κ3) is 2.36. The molecule has 1 aromatic heterocycles. The van der Waals surface area contributed by atoms with Crippen LogP contribution in [0.4, 0.5) is 4.39 Å². The van der Waals surface area contributed by atoms with Gasteiger partial charge in [0, 0.05) is 12.4 Å². The molecule has 0 N–H and O–H groups in total. The van der Waals surface area contributed by atoms with Crippen LogP contribution < -0.4 is 0 Å². The van der Waals surface area contributed by atoms with Crippen molar-refractivity contribution in [1.29, 1.82) is 0 Å². The fourth-order valence-electron chi connectivity index (χ4n) is 1.31. The molecule has 0 fully saturated rings. The molecule has 0 amide bonds. The van der Waals surface area contributed by atoms with Crippen LogP contribution in [0.1, 0.15) is 10.1 Å². The van der Waals surface area contributed by atoms with Gasteiger partial charge in [0.15, 0.2) is 5.82 Å². The highest BCUT2D eigenvalue weighted by Gasteiger charge is 2.09. The number of nitrogens with zero attached hydrogens (tertiary/aromatic N) is 2. The molecule has 2 rings (SSSR count). The molecular formula is C11H9FN2S2. The molecule has 0 saturated carbocycles. The molecule has 0 spiro atoms. The lowest BCUT2D eigenvalue weighted by molar-refractivity contribution is 0.628. The molecule has 2 nitrogen and oxygen atoms in total. The summed E-state index contributed by atoms with van der Waals surface area (Å²) < 4.78 is 13.5. The van der Waals surface area contributed by atoms with Gasteiger partial charge in [-0.15, -0.1) is 0 Å². The average molecular weight is 252 g/mol. The maximum atomic E-state index is 13.7. The zero-order valence-corrected chi connectivity index (χ0v) is 10.00. The van der Waals surface area contributed by atoms with Crippen LogP contribution in [0.25, 0.3) is 11.4 Å². The zero-order valence-electron chi connectivity index (χ0n) is 8.21. The molecular weight excluding hydrogens is 243 g/mol. The SMILES string of the molecule is Fc1cc(C(S)S)ccc1-c1ncccn1. The van der Waals surface area contributed by atoms with Crippen LogP contribution in [0.5, 0.6) is 0 Å². The molecule has 0 aliphatic rings. The van der Waals surface area contributed by atoms with E-state index in [0.717, 1.165) is 0 Å². The highest BCUT2D eigenvalue weighted by Crippen LogP contribution is 2.27. The lowest BCUT2D eigenvalue weighted by Crippen LogP contribution is -1.92. The Balaban J connectivity index is 2.45. The molecule has 2 aromatic rings. The first-order chi connectivity index (χ1) is 7.68. The monoisotopic (exact) mass is 252 g/mol. The summed E-state index contributed by atoms with van der Waals surface area (Å²) >= 11 is 8.25. The van der Waals surface area contributed by atoms with E-state index < -0.39 is 0 Å².